The molecule has 0 spiro atoms. The molecule has 1 heterocycles. The molecule has 0 saturated heterocycles. The molecule has 5 nitrogen and oxygen atoms in total. The Hall–Kier alpha value is -1.33. The highest BCUT2D eigenvalue weighted by Gasteiger charge is 2.19. The van der Waals surface area contributed by atoms with Gasteiger partial charge in [-0.05, 0) is 40.0 Å². The van der Waals surface area contributed by atoms with E-state index < -0.39 is 5.60 Å². The van der Waals surface area contributed by atoms with Gasteiger partial charge in [0.2, 0.25) is 5.91 Å². The van der Waals surface area contributed by atoms with Crippen LogP contribution >= 0.6 is 0 Å². The molecule has 0 saturated carbocycles. The first-order chi connectivity index (χ1) is 8.67. The van der Waals surface area contributed by atoms with Gasteiger partial charge in [-0.1, -0.05) is 0 Å². The number of furan rings is 1. The molecular formula is C14H24N2O3. The van der Waals surface area contributed by atoms with Crippen LogP contribution in [0.1, 0.15) is 25.4 Å². The Labute approximate surface area is 114 Å². The molecule has 1 aromatic rings. The molecule has 19 heavy (non-hydrogen) atoms. The van der Waals surface area contributed by atoms with Crippen LogP contribution < -0.4 is 0 Å². The number of carbonyl (C=O) groups is 1. The maximum Gasteiger partial charge on any atom is 0.236 e. The van der Waals surface area contributed by atoms with Gasteiger partial charge in [0, 0.05) is 13.6 Å². The second-order valence-electron chi connectivity index (χ2n) is 5.75. The molecule has 0 radical (unpaired) electrons. The molecule has 0 atom stereocenters. The minimum Gasteiger partial charge on any atom is -0.464 e. The third kappa shape index (κ3) is 5.89. The second kappa shape index (κ2) is 6.21. The standard InChI is InChI=1S/C14H24N2O3/c1-11-6-7-12(19-11)8-16(5)13(17)9-15(4)10-14(2,3)18/h6-7,18H,8-10H2,1-5H3. The van der Waals surface area contributed by atoms with Gasteiger partial charge in [-0.15, -0.1) is 0 Å². The molecular weight excluding hydrogens is 244 g/mol. The van der Waals surface area contributed by atoms with Crippen molar-refractivity contribution in [1.29, 1.82) is 0 Å². The minimum atomic E-state index is -0.800. The van der Waals surface area contributed by atoms with E-state index in [1.165, 1.54) is 0 Å². The lowest BCUT2D eigenvalue weighted by Crippen LogP contribution is -2.42. The molecule has 1 rings (SSSR count). The van der Waals surface area contributed by atoms with Crippen molar-refractivity contribution in [3.63, 3.8) is 0 Å². The van der Waals surface area contributed by atoms with E-state index in [1.807, 2.05) is 31.0 Å². The lowest BCUT2D eigenvalue weighted by Gasteiger charge is -2.26. The zero-order chi connectivity index (χ0) is 14.6. The van der Waals surface area contributed by atoms with E-state index in [2.05, 4.69) is 0 Å². The predicted octanol–water partition coefficient (Wildman–Crippen LogP) is 1.25. The summed E-state index contributed by atoms with van der Waals surface area (Å²) in [5.74, 6) is 1.62. The topological polar surface area (TPSA) is 56.9 Å². The van der Waals surface area contributed by atoms with Crippen molar-refractivity contribution >= 4 is 5.91 Å². The first kappa shape index (κ1) is 15.7. The molecule has 0 aliphatic rings. The highest BCUT2D eigenvalue weighted by atomic mass is 16.3. The number of aryl methyl sites for hydroxylation is 1. The van der Waals surface area contributed by atoms with Crippen molar-refractivity contribution in [2.24, 2.45) is 0 Å². The fraction of sp³-hybridized carbons (Fsp3) is 0.643. The van der Waals surface area contributed by atoms with E-state index in [-0.39, 0.29) is 12.5 Å². The molecule has 0 aromatic carbocycles. The van der Waals surface area contributed by atoms with Crippen LogP contribution in [-0.4, -0.2) is 53.6 Å². The van der Waals surface area contributed by atoms with Gasteiger partial charge in [-0.2, -0.15) is 0 Å². The van der Waals surface area contributed by atoms with E-state index in [1.54, 1.807) is 25.8 Å². The van der Waals surface area contributed by atoms with Gasteiger partial charge in [0.1, 0.15) is 11.5 Å². The lowest BCUT2D eigenvalue weighted by molar-refractivity contribution is -0.132. The minimum absolute atomic E-state index is 0.000744. The first-order valence-corrected chi connectivity index (χ1v) is 6.37. The van der Waals surface area contributed by atoms with Gasteiger partial charge < -0.3 is 14.4 Å². The first-order valence-electron chi connectivity index (χ1n) is 6.37. The van der Waals surface area contributed by atoms with E-state index in [4.69, 9.17) is 4.42 Å². The van der Waals surface area contributed by atoms with Crippen LogP contribution in [0, 0.1) is 6.92 Å². The maximum atomic E-state index is 12.0. The van der Waals surface area contributed by atoms with E-state index >= 15 is 0 Å². The lowest BCUT2D eigenvalue weighted by atomic mass is 10.1. The molecule has 1 amide bonds. The van der Waals surface area contributed by atoms with Gasteiger partial charge in [0.05, 0.1) is 18.7 Å². The largest absolute Gasteiger partial charge is 0.464 e. The number of carbonyl (C=O) groups excluding carboxylic acids is 1. The molecule has 0 aliphatic carbocycles. The van der Waals surface area contributed by atoms with Crippen LogP contribution in [0.25, 0.3) is 0 Å². The number of rotatable bonds is 6. The summed E-state index contributed by atoms with van der Waals surface area (Å²) in [6.45, 7) is 6.52. The van der Waals surface area contributed by atoms with E-state index in [0.717, 1.165) is 11.5 Å². The van der Waals surface area contributed by atoms with Crippen LogP contribution in [0.15, 0.2) is 16.5 Å². The smallest absolute Gasteiger partial charge is 0.236 e. The van der Waals surface area contributed by atoms with Crippen molar-refractivity contribution in [2.45, 2.75) is 32.9 Å². The normalized spacial score (nSPS) is 11.9. The van der Waals surface area contributed by atoms with Gasteiger partial charge in [0.25, 0.3) is 0 Å². The number of hydrogen-bond acceptors (Lipinski definition) is 4. The summed E-state index contributed by atoms with van der Waals surface area (Å²) >= 11 is 0. The molecule has 0 unspecified atom stereocenters. The van der Waals surface area contributed by atoms with Gasteiger partial charge in [-0.3, -0.25) is 9.69 Å². The van der Waals surface area contributed by atoms with Gasteiger partial charge >= 0.3 is 0 Å². The third-order valence-electron chi connectivity index (χ3n) is 2.68. The van der Waals surface area contributed by atoms with Crippen molar-refractivity contribution < 1.29 is 14.3 Å². The van der Waals surface area contributed by atoms with Crippen molar-refractivity contribution in [3.05, 3.63) is 23.7 Å². The second-order valence-corrected chi connectivity index (χ2v) is 5.75. The van der Waals surface area contributed by atoms with Crippen molar-refractivity contribution in [1.82, 2.24) is 9.80 Å². The van der Waals surface area contributed by atoms with Crippen molar-refractivity contribution in [3.8, 4) is 0 Å². The van der Waals surface area contributed by atoms with Crippen LogP contribution in [0.3, 0.4) is 0 Å². The maximum absolute atomic E-state index is 12.0. The number of aliphatic hydroxyl groups is 1. The Bertz CT molecular complexity index is 421. The van der Waals surface area contributed by atoms with Gasteiger partial charge in [0.15, 0.2) is 0 Å². The van der Waals surface area contributed by atoms with Crippen LogP contribution in [0.4, 0.5) is 0 Å². The Morgan fingerprint density at radius 2 is 2.00 bits per heavy atom. The summed E-state index contributed by atoms with van der Waals surface area (Å²) < 4.78 is 5.44. The summed E-state index contributed by atoms with van der Waals surface area (Å²) in [5.41, 5.74) is -0.800. The van der Waals surface area contributed by atoms with Crippen LogP contribution in [0.2, 0.25) is 0 Å². The van der Waals surface area contributed by atoms with E-state index in [0.29, 0.717) is 13.1 Å². The highest BCUT2D eigenvalue weighted by Crippen LogP contribution is 2.09. The monoisotopic (exact) mass is 268 g/mol. The molecule has 0 fully saturated rings. The van der Waals surface area contributed by atoms with Gasteiger partial charge in [-0.25, -0.2) is 0 Å². The zero-order valence-corrected chi connectivity index (χ0v) is 12.4. The molecule has 1 aromatic heterocycles. The summed E-state index contributed by atoms with van der Waals surface area (Å²) in [6, 6.07) is 3.76. The zero-order valence-electron chi connectivity index (χ0n) is 12.4. The fourth-order valence-electron chi connectivity index (χ4n) is 1.96. The molecule has 1 N–H and O–H groups in total. The Balaban J connectivity index is 2.44. The summed E-state index contributed by atoms with van der Waals surface area (Å²) in [7, 11) is 3.57. The number of amides is 1. The van der Waals surface area contributed by atoms with Crippen LogP contribution in [-0.2, 0) is 11.3 Å². The average Bonchev–Trinajstić information content (AvgIpc) is 2.60. The Morgan fingerprint density at radius 1 is 1.37 bits per heavy atom. The average molecular weight is 268 g/mol. The highest BCUT2D eigenvalue weighted by molar-refractivity contribution is 5.77. The fourth-order valence-corrected chi connectivity index (χ4v) is 1.96. The van der Waals surface area contributed by atoms with E-state index in [9.17, 15) is 9.90 Å². The molecule has 108 valence electrons. The van der Waals surface area contributed by atoms with Crippen molar-refractivity contribution in [2.75, 3.05) is 27.2 Å². The Kier molecular flexibility index (Phi) is 5.14. The SMILES string of the molecule is Cc1ccc(CN(C)C(=O)CN(C)CC(C)(C)O)o1. The number of hydrogen-bond donors (Lipinski definition) is 1. The number of likely N-dealkylation sites (N-methyl/N-ethyl adjacent to an activating group) is 2. The molecule has 0 bridgehead atoms. The summed E-state index contributed by atoms with van der Waals surface area (Å²) in [6.07, 6.45) is 0. The molecule has 5 heteroatoms. The predicted molar refractivity (Wildman–Crippen MR) is 73.7 cm³/mol. The quantitative estimate of drug-likeness (QED) is 0.843. The summed E-state index contributed by atoms with van der Waals surface area (Å²) in [4.78, 5) is 15.4. The Morgan fingerprint density at radius 3 is 2.47 bits per heavy atom. The molecule has 0 aliphatic heterocycles. The third-order valence-corrected chi connectivity index (χ3v) is 2.68. The summed E-state index contributed by atoms with van der Waals surface area (Å²) in [5, 5.41) is 9.70. The number of nitrogens with zero attached hydrogens (tertiary/aromatic N) is 2. The van der Waals surface area contributed by atoms with Crippen LogP contribution in [0.5, 0.6) is 0 Å².